The quantitative estimate of drug-likeness (QED) is 0.445. The molecule has 1 aromatic carbocycles. The molecule has 0 fully saturated rings. The third kappa shape index (κ3) is 3.11. The van der Waals surface area contributed by atoms with Gasteiger partial charge in [0, 0.05) is 35.9 Å². The smallest absolute Gasteiger partial charge is 0.316 e. The molecule has 0 aliphatic heterocycles. The van der Waals surface area contributed by atoms with Gasteiger partial charge in [0.1, 0.15) is 15.5 Å². The van der Waals surface area contributed by atoms with Gasteiger partial charge in [-0.2, -0.15) is 0 Å². The highest BCUT2D eigenvalue weighted by Crippen LogP contribution is 2.29. The number of rotatable bonds is 4. The Labute approximate surface area is 174 Å². The topological polar surface area (TPSA) is 95.7 Å². The largest absolute Gasteiger partial charge is 0.467 e. The van der Waals surface area contributed by atoms with Gasteiger partial charge in [-0.15, -0.1) is 11.3 Å². The first-order valence-electron chi connectivity index (χ1n) is 9.00. The van der Waals surface area contributed by atoms with Crippen molar-refractivity contribution in [1.82, 2.24) is 29.5 Å². The zero-order valence-electron chi connectivity index (χ0n) is 15.8. The fourth-order valence-corrected chi connectivity index (χ4v) is 3.95. The number of hydrogen-bond donors (Lipinski definition) is 0. The van der Waals surface area contributed by atoms with Crippen molar-refractivity contribution in [2.24, 2.45) is 0 Å². The molecule has 146 valence electrons. The molecule has 0 bridgehead atoms. The predicted octanol–water partition coefficient (Wildman–Crippen LogP) is 3.37. The van der Waals surface area contributed by atoms with Gasteiger partial charge < -0.3 is 4.74 Å². The molecular formula is C21H14N6O2S. The summed E-state index contributed by atoms with van der Waals surface area (Å²) < 4.78 is 7.05. The van der Waals surface area contributed by atoms with Crippen LogP contribution >= 0.6 is 11.3 Å². The van der Waals surface area contributed by atoms with Gasteiger partial charge in [0.25, 0.3) is 5.56 Å². The van der Waals surface area contributed by atoms with Crippen LogP contribution in [-0.4, -0.2) is 36.6 Å². The summed E-state index contributed by atoms with van der Waals surface area (Å²) in [6, 6.07) is 13.4. The summed E-state index contributed by atoms with van der Waals surface area (Å²) in [5.41, 5.74) is 2.39. The molecule has 8 nitrogen and oxygen atoms in total. The maximum Gasteiger partial charge on any atom is 0.316 e. The lowest BCUT2D eigenvalue weighted by molar-refractivity contribution is 0.380. The molecule has 4 aromatic heterocycles. The standard InChI is InChI=1S/C21H14N6O2S/c1-29-21-23-11-14(12-24-21)19-26-17-16(30-19)20(28)27(15-7-9-22-10-8-15)18(25-17)13-5-3-2-4-6-13/h2-12H,1H3. The van der Waals surface area contributed by atoms with Gasteiger partial charge in [0.2, 0.25) is 0 Å². The van der Waals surface area contributed by atoms with Crippen molar-refractivity contribution < 1.29 is 4.74 Å². The van der Waals surface area contributed by atoms with E-state index >= 15 is 0 Å². The Kier molecular flexibility index (Phi) is 4.49. The van der Waals surface area contributed by atoms with Crippen LogP contribution in [0, 0.1) is 0 Å². The fourth-order valence-electron chi connectivity index (χ4n) is 3.04. The highest BCUT2D eigenvalue weighted by Gasteiger charge is 2.19. The average molecular weight is 414 g/mol. The Morgan fingerprint density at radius 1 is 0.933 bits per heavy atom. The Morgan fingerprint density at radius 3 is 2.37 bits per heavy atom. The summed E-state index contributed by atoms with van der Waals surface area (Å²) in [6.45, 7) is 0. The van der Waals surface area contributed by atoms with E-state index in [0.717, 1.165) is 5.56 Å². The molecule has 5 aromatic rings. The number of hydrogen-bond acceptors (Lipinski definition) is 8. The Bertz CT molecular complexity index is 1380. The average Bonchev–Trinajstić information content (AvgIpc) is 3.25. The second-order valence-electron chi connectivity index (χ2n) is 6.28. The molecule has 0 aliphatic carbocycles. The summed E-state index contributed by atoms with van der Waals surface area (Å²) in [5, 5.41) is 0.615. The second kappa shape index (κ2) is 7.45. The number of ether oxygens (including phenoxy) is 1. The Balaban J connectivity index is 1.76. The lowest BCUT2D eigenvalue weighted by Crippen LogP contribution is -2.21. The summed E-state index contributed by atoms with van der Waals surface area (Å²) in [4.78, 5) is 35.1. The molecule has 0 spiro atoms. The molecular weight excluding hydrogens is 400 g/mol. The zero-order valence-corrected chi connectivity index (χ0v) is 16.6. The van der Waals surface area contributed by atoms with Crippen molar-refractivity contribution in [1.29, 1.82) is 0 Å². The number of thiazole rings is 1. The van der Waals surface area contributed by atoms with E-state index in [1.165, 1.54) is 18.4 Å². The van der Waals surface area contributed by atoms with Crippen LogP contribution in [0.1, 0.15) is 0 Å². The highest BCUT2D eigenvalue weighted by molar-refractivity contribution is 7.21. The van der Waals surface area contributed by atoms with Crippen LogP contribution in [-0.2, 0) is 0 Å². The molecule has 0 atom stereocenters. The molecule has 0 saturated carbocycles. The van der Waals surface area contributed by atoms with Crippen molar-refractivity contribution in [2.45, 2.75) is 0 Å². The number of nitrogens with zero attached hydrogens (tertiary/aromatic N) is 6. The van der Waals surface area contributed by atoms with Crippen molar-refractivity contribution in [3.63, 3.8) is 0 Å². The van der Waals surface area contributed by atoms with E-state index in [4.69, 9.17) is 9.72 Å². The third-order valence-corrected chi connectivity index (χ3v) is 5.52. The second-order valence-corrected chi connectivity index (χ2v) is 7.28. The van der Waals surface area contributed by atoms with Crippen LogP contribution in [0.25, 0.3) is 38.0 Å². The summed E-state index contributed by atoms with van der Waals surface area (Å²) in [6.07, 6.45) is 6.52. The van der Waals surface area contributed by atoms with Crippen LogP contribution < -0.4 is 10.3 Å². The van der Waals surface area contributed by atoms with Crippen LogP contribution in [0.4, 0.5) is 0 Å². The SMILES string of the molecule is COc1ncc(-c2nc3nc(-c4ccccc4)n(-c4ccncc4)c(=O)c3s2)cn1. The summed E-state index contributed by atoms with van der Waals surface area (Å²) in [7, 11) is 1.50. The molecule has 0 aliphatic rings. The van der Waals surface area contributed by atoms with Crippen LogP contribution in [0.15, 0.2) is 72.0 Å². The van der Waals surface area contributed by atoms with Gasteiger partial charge in [-0.3, -0.25) is 14.3 Å². The van der Waals surface area contributed by atoms with Crippen LogP contribution in [0.3, 0.4) is 0 Å². The van der Waals surface area contributed by atoms with E-state index in [0.29, 0.717) is 32.4 Å². The van der Waals surface area contributed by atoms with Crippen LogP contribution in [0.2, 0.25) is 0 Å². The third-order valence-electron chi connectivity index (χ3n) is 4.44. The van der Waals surface area contributed by atoms with E-state index in [-0.39, 0.29) is 11.6 Å². The van der Waals surface area contributed by atoms with Crippen molar-refractivity contribution in [3.8, 4) is 33.7 Å². The molecule has 9 heteroatoms. The van der Waals surface area contributed by atoms with Gasteiger partial charge in [0.15, 0.2) is 5.65 Å². The zero-order chi connectivity index (χ0) is 20.5. The minimum Gasteiger partial charge on any atom is -0.467 e. The number of fused-ring (bicyclic) bond motifs is 1. The molecule has 30 heavy (non-hydrogen) atoms. The fraction of sp³-hybridized carbons (Fsp3) is 0.0476. The van der Waals surface area contributed by atoms with E-state index in [1.807, 2.05) is 30.3 Å². The first-order chi connectivity index (χ1) is 14.7. The molecule has 0 N–H and O–H groups in total. The van der Waals surface area contributed by atoms with Gasteiger partial charge in [0.05, 0.1) is 12.8 Å². The minimum absolute atomic E-state index is 0.191. The molecule has 0 saturated heterocycles. The van der Waals surface area contributed by atoms with E-state index in [9.17, 15) is 4.79 Å². The maximum atomic E-state index is 13.5. The van der Waals surface area contributed by atoms with Gasteiger partial charge in [-0.05, 0) is 12.1 Å². The lowest BCUT2D eigenvalue weighted by Gasteiger charge is -2.11. The van der Waals surface area contributed by atoms with E-state index in [2.05, 4.69) is 19.9 Å². The monoisotopic (exact) mass is 414 g/mol. The number of benzene rings is 1. The van der Waals surface area contributed by atoms with Crippen LogP contribution in [0.5, 0.6) is 6.01 Å². The van der Waals surface area contributed by atoms with E-state index in [1.54, 1.807) is 41.5 Å². The Hall–Kier alpha value is -3.98. The van der Waals surface area contributed by atoms with Gasteiger partial charge >= 0.3 is 6.01 Å². The Morgan fingerprint density at radius 2 is 1.67 bits per heavy atom. The first-order valence-corrected chi connectivity index (χ1v) is 9.82. The molecule has 5 rings (SSSR count). The minimum atomic E-state index is -0.191. The molecule has 0 unspecified atom stereocenters. The summed E-state index contributed by atoms with van der Waals surface area (Å²) >= 11 is 1.26. The van der Waals surface area contributed by atoms with Crippen molar-refractivity contribution in [2.75, 3.05) is 7.11 Å². The van der Waals surface area contributed by atoms with Gasteiger partial charge in [-0.25, -0.2) is 19.9 Å². The number of aromatic nitrogens is 6. The molecule has 4 heterocycles. The number of methoxy groups -OCH3 is 1. The highest BCUT2D eigenvalue weighted by atomic mass is 32.1. The van der Waals surface area contributed by atoms with Crippen molar-refractivity contribution >= 4 is 21.7 Å². The van der Waals surface area contributed by atoms with Gasteiger partial charge in [-0.1, -0.05) is 30.3 Å². The van der Waals surface area contributed by atoms with E-state index < -0.39 is 0 Å². The maximum absolute atomic E-state index is 13.5. The predicted molar refractivity (Wildman–Crippen MR) is 114 cm³/mol. The summed E-state index contributed by atoms with van der Waals surface area (Å²) in [5.74, 6) is 0.516. The number of pyridine rings is 1. The first kappa shape index (κ1) is 18.1. The molecule has 0 amide bonds. The molecule has 0 radical (unpaired) electrons. The van der Waals surface area contributed by atoms with Crippen molar-refractivity contribution in [3.05, 3.63) is 77.6 Å². The normalized spacial score (nSPS) is 11.0. The lowest BCUT2D eigenvalue weighted by atomic mass is 10.2.